The summed E-state index contributed by atoms with van der Waals surface area (Å²) in [5, 5.41) is 14.6. The van der Waals surface area contributed by atoms with Crippen LogP contribution < -0.4 is 16.0 Å². The van der Waals surface area contributed by atoms with Crippen LogP contribution in [0.3, 0.4) is 0 Å². The van der Waals surface area contributed by atoms with Crippen LogP contribution in [0.2, 0.25) is 0 Å². The van der Waals surface area contributed by atoms with E-state index in [-0.39, 0.29) is 35.4 Å². The Morgan fingerprint density at radius 3 is 2.38 bits per heavy atom. The number of imide groups is 1. The van der Waals surface area contributed by atoms with E-state index in [0.29, 0.717) is 30.0 Å². The summed E-state index contributed by atoms with van der Waals surface area (Å²) < 4.78 is 2.89. The summed E-state index contributed by atoms with van der Waals surface area (Å²) in [7, 11) is 1.70. The van der Waals surface area contributed by atoms with Crippen LogP contribution in [0.5, 0.6) is 0 Å². The van der Waals surface area contributed by atoms with Gasteiger partial charge in [-0.05, 0) is 57.4 Å². The molecule has 14 heteroatoms. The SMILES string of the molecule is Cc1cn(C)nc1N1C(=O)C(C(=O)Nc2ccc(-c3cc(C4CCN(C(=O)C(C)C)CC4)[nH]c3C(N)=NC=N)cc2)C=[N+](C(C)C)C1=O. The van der Waals surface area contributed by atoms with Crippen LogP contribution in [0, 0.1) is 24.2 Å². The van der Waals surface area contributed by atoms with Crippen molar-refractivity contribution < 1.29 is 23.8 Å². The number of urea groups is 1. The highest BCUT2D eigenvalue weighted by Gasteiger charge is 2.49. The molecule has 0 saturated carbocycles. The molecular weight excluding hydrogens is 612 g/mol. The number of carbonyl (C=O) groups is 4. The summed E-state index contributed by atoms with van der Waals surface area (Å²) in [4.78, 5) is 63.2. The van der Waals surface area contributed by atoms with Gasteiger partial charge in [0.15, 0.2) is 5.92 Å². The minimum atomic E-state index is -1.26. The summed E-state index contributed by atoms with van der Waals surface area (Å²) in [6.07, 6.45) is 5.57. The fraction of sp³-hybridized carbons (Fsp3) is 0.412. The van der Waals surface area contributed by atoms with E-state index in [1.807, 2.05) is 36.9 Å². The molecule has 1 saturated heterocycles. The first-order valence-electron chi connectivity index (χ1n) is 16.1. The molecule has 0 bridgehead atoms. The number of H-pyrrole nitrogens is 1. The molecule has 1 unspecified atom stereocenters. The second-order valence-electron chi connectivity index (χ2n) is 12.9. The third-order valence-electron chi connectivity index (χ3n) is 8.75. The van der Waals surface area contributed by atoms with Crippen molar-refractivity contribution in [1.29, 1.82) is 5.41 Å². The highest BCUT2D eigenvalue weighted by Crippen LogP contribution is 2.34. The van der Waals surface area contributed by atoms with E-state index in [0.717, 1.165) is 40.9 Å². The maximum absolute atomic E-state index is 13.6. The molecule has 3 aromatic rings. The number of hydrogen-bond acceptors (Lipinski definition) is 6. The predicted molar refractivity (Wildman–Crippen MR) is 184 cm³/mol. The third kappa shape index (κ3) is 6.68. The van der Waals surface area contributed by atoms with Gasteiger partial charge >= 0.3 is 11.9 Å². The molecule has 4 heterocycles. The largest absolute Gasteiger partial charge is 0.507 e. The maximum atomic E-state index is 13.6. The van der Waals surface area contributed by atoms with Gasteiger partial charge in [0, 0.05) is 60.7 Å². The van der Waals surface area contributed by atoms with Crippen LogP contribution >= 0.6 is 0 Å². The van der Waals surface area contributed by atoms with E-state index < -0.39 is 23.8 Å². The smallest absolute Gasteiger partial charge is 0.382 e. The molecule has 1 aromatic carbocycles. The number of carbonyl (C=O) groups excluding carboxylic acids is 4. The maximum Gasteiger partial charge on any atom is 0.507 e. The molecule has 2 aromatic heterocycles. The number of nitrogens with zero attached hydrogens (tertiary/aromatic N) is 6. The number of nitrogens with two attached hydrogens (primary N) is 1. The second kappa shape index (κ2) is 13.8. The van der Waals surface area contributed by atoms with Gasteiger partial charge in [0.25, 0.3) is 5.82 Å². The molecular formula is C34H43N10O4+. The third-order valence-corrected chi connectivity index (χ3v) is 8.75. The lowest BCUT2D eigenvalue weighted by Gasteiger charge is -2.32. The van der Waals surface area contributed by atoms with Gasteiger partial charge in [-0.25, -0.2) is 9.79 Å². The number of aliphatic imine (C=N–C) groups is 1. The van der Waals surface area contributed by atoms with Crippen LogP contribution in [0.1, 0.15) is 63.4 Å². The fourth-order valence-electron chi connectivity index (χ4n) is 6.21. The normalized spacial score (nSPS) is 17.7. The minimum Gasteiger partial charge on any atom is -0.382 e. The standard InChI is InChI=1S/C34H42N10O4/c1-19(2)32(46)42-13-11-23(12-14-42)27-15-25(28(39-27)29(36)37-18-35)22-7-9-24(10-8-22)38-31(45)26-17-43(20(3)4)34(48)44(33(26)47)30-21(5)16-41(6)40-30/h7-10,15-20,23,26H,11-14H2,1-6H3,(H4-,35,36,37,38,39,45)/p+1. The van der Waals surface area contributed by atoms with Gasteiger partial charge in [0.2, 0.25) is 11.8 Å². The molecule has 2 aliphatic rings. The van der Waals surface area contributed by atoms with Crippen LogP contribution in [0.25, 0.3) is 11.1 Å². The zero-order valence-corrected chi connectivity index (χ0v) is 28.2. The first-order valence-corrected chi connectivity index (χ1v) is 16.1. The van der Waals surface area contributed by atoms with E-state index in [1.165, 1.54) is 15.5 Å². The molecule has 252 valence electrons. The van der Waals surface area contributed by atoms with Gasteiger partial charge in [-0.15, -0.1) is 10.00 Å². The molecule has 0 radical (unpaired) electrons. The van der Waals surface area contributed by atoms with Crippen molar-refractivity contribution in [2.24, 2.45) is 29.6 Å². The number of aryl methyl sites for hydroxylation is 2. The van der Waals surface area contributed by atoms with Gasteiger partial charge in [-0.1, -0.05) is 26.0 Å². The van der Waals surface area contributed by atoms with E-state index in [1.54, 1.807) is 46.1 Å². The highest BCUT2D eigenvalue weighted by molar-refractivity contribution is 6.28. The van der Waals surface area contributed by atoms with Gasteiger partial charge in [0.05, 0.1) is 18.0 Å². The van der Waals surface area contributed by atoms with Gasteiger partial charge in [0.1, 0.15) is 12.2 Å². The van der Waals surface area contributed by atoms with Crippen LogP contribution in [-0.2, 0) is 21.4 Å². The van der Waals surface area contributed by atoms with Gasteiger partial charge in [-0.2, -0.15) is 9.37 Å². The Morgan fingerprint density at radius 1 is 1.15 bits per heavy atom. The summed E-state index contributed by atoms with van der Waals surface area (Å²) in [5.41, 5.74) is 10.5. The summed E-state index contributed by atoms with van der Waals surface area (Å²) in [6.45, 7) is 10.5. The number of likely N-dealkylation sites (tertiary alicyclic amines) is 1. The predicted octanol–water partition coefficient (Wildman–Crippen LogP) is 3.61. The van der Waals surface area contributed by atoms with Crippen molar-refractivity contribution >= 4 is 53.6 Å². The molecule has 14 nitrogen and oxygen atoms in total. The highest BCUT2D eigenvalue weighted by atomic mass is 16.2. The topological polar surface area (TPSA) is 186 Å². The van der Waals surface area contributed by atoms with E-state index in [2.05, 4.69) is 20.4 Å². The number of aromatic amines is 1. The first kappa shape index (κ1) is 33.9. The zero-order valence-electron chi connectivity index (χ0n) is 28.2. The number of anilines is 2. The number of rotatable bonds is 9. The Morgan fingerprint density at radius 2 is 1.81 bits per heavy atom. The molecule has 1 atom stereocenters. The van der Waals surface area contributed by atoms with E-state index >= 15 is 0 Å². The Kier molecular flexibility index (Phi) is 9.73. The van der Waals surface area contributed by atoms with Crippen LogP contribution in [-0.4, -0.2) is 85.5 Å². The van der Waals surface area contributed by atoms with E-state index in [4.69, 9.17) is 11.1 Å². The quantitative estimate of drug-likeness (QED) is 0.118. The fourth-order valence-corrected chi connectivity index (χ4v) is 6.21. The summed E-state index contributed by atoms with van der Waals surface area (Å²) in [5.74, 6) is -1.86. The monoisotopic (exact) mass is 655 g/mol. The summed E-state index contributed by atoms with van der Waals surface area (Å²) >= 11 is 0. The van der Waals surface area contributed by atoms with Crippen molar-refractivity contribution in [3.8, 4) is 11.1 Å². The second-order valence-corrected chi connectivity index (χ2v) is 12.9. The van der Waals surface area contributed by atoms with Crippen molar-refractivity contribution in [3.63, 3.8) is 0 Å². The molecule has 5 amide bonds. The minimum absolute atomic E-state index is 0.0408. The number of amidine groups is 1. The lowest BCUT2D eigenvalue weighted by molar-refractivity contribution is -0.459. The number of nitrogens with one attached hydrogen (secondary N) is 3. The van der Waals surface area contributed by atoms with Crippen molar-refractivity contribution in [3.05, 3.63) is 53.5 Å². The summed E-state index contributed by atoms with van der Waals surface area (Å²) in [6, 6.07) is 8.27. The number of aromatic nitrogens is 3. The van der Waals surface area contributed by atoms with Crippen molar-refractivity contribution in [2.45, 2.75) is 59.4 Å². The van der Waals surface area contributed by atoms with Gasteiger partial charge < -0.3 is 20.9 Å². The first-order chi connectivity index (χ1) is 22.8. The zero-order chi connectivity index (χ0) is 34.9. The Labute approximate surface area is 279 Å². The lowest BCUT2D eigenvalue weighted by atomic mass is 9.92. The Balaban J connectivity index is 1.37. The molecule has 1 fully saturated rings. The molecule has 5 rings (SSSR count). The Bertz CT molecular complexity index is 1810. The molecule has 0 spiro atoms. The lowest BCUT2D eigenvalue weighted by Crippen LogP contribution is -2.56. The van der Waals surface area contributed by atoms with Crippen LogP contribution in [0.15, 0.2) is 41.5 Å². The molecule has 48 heavy (non-hydrogen) atoms. The average molecular weight is 656 g/mol. The number of hydrogen-bond donors (Lipinski definition) is 4. The van der Waals surface area contributed by atoms with Crippen molar-refractivity contribution in [2.75, 3.05) is 23.3 Å². The molecule has 0 aliphatic carbocycles. The average Bonchev–Trinajstić information content (AvgIpc) is 3.64. The Hall–Kier alpha value is -5.40. The van der Waals surface area contributed by atoms with Gasteiger partial charge in [-0.3, -0.25) is 19.7 Å². The van der Waals surface area contributed by atoms with E-state index in [9.17, 15) is 19.2 Å². The van der Waals surface area contributed by atoms with Crippen molar-refractivity contribution in [1.82, 2.24) is 19.7 Å². The number of piperidine rings is 1. The number of amides is 5. The molecule has 5 N–H and O–H groups in total. The molecule has 2 aliphatic heterocycles. The van der Waals surface area contributed by atoms with Crippen LogP contribution in [0.4, 0.5) is 16.3 Å². The number of benzene rings is 1.